The Morgan fingerprint density at radius 2 is 1.62 bits per heavy atom. The van der Waals surface area contributed by atoms with Gasteiger partial charge in [0.05, 0.1) is 17.8 Å². The van der Waals surface area contributed by atoms with Crippen molar-refractivity contribution in [1.82, 2.24) is 0 Å². The smallest absolute Gasteiger partial charge is 0.403 e. The van der Waals surface area contributed by atoms with Crippen LogP contribution in [0.25, 0.3) is 0 Å². The molecule has 3 nitrogen and oxygen atoms in total. The fraction of sp³-hybridized carbons (Fsp3) is 0.700. The first-order valence-electron chi connectivity index (χ1n) is 9.33. The van der Waals surface area contributed by atoms with E-state index >= 15 is 0 Å². The van der Waals surface area contributed by atoms with E-state index in [0.717, 1.165) is 19.4 Å². The van der Waals surface area contributed by atoms with Gasteiger partial charge in [0, 0.05) is 6.61 Å². The predicted molar refractivity (Wildman–Crippen MR) is 100 cm³/mol. The molecule has 0 amide bonds. The second-order valence-corrected chi connectivity index (χ2v) is 7.85. The molecule has 0 radical (unpaired) electrons. The van der Waals surface area contributed by atoms with Crippen molar-refractivity contribution in [2.45, 2.75) is 83.9 Å². The number of unbranched alkanes of at least 4 members (excludes halogenated alkanes) is 1. The molecule has 0 N–H and O–H groups in total. The number of hydrogen-bond donors (Lipinski definition) is 0. The Hall–Kier alpha value is -0.835. The lowest BCUT2D eigenvalue weighted by Gasteiger charge is -2.32. The lowest BCUT2D eigenvalue weighted by molar-refractivity contribution is 0.00578. The van der Waals surface area contributed by atoms with Crippen LogP contribution in [-0.2, 0) is 20.7 Å². The fourth-order valence-electron chi connectivity index (χ4n) is 2.96. The molecule has 0 aliphatic carbocycles. The minimum absolute atomic E-state index is 0.123. The second kappa shape index (κ2) is 8.51. The summed E-state index contributed by atoms with van der Waals surface area (Å²) in [4.78, 5) is 0. The maximum atomic E-state index is 6.26. The van der Waals surface area contributed by atoms with Gasteiger partial charge in [-0.3, -0.25) is 0 Å². The molecule has 1 atom stereocenters. The minimum atomic E-state index is -0.257. The summed E-state index contributed by atoms with van der Waals surface area (Å²) in [6.07, 6.45) is 4.50. The Kier molecular flexibility index (Phi) is 6.91. The Labute approximate surface area is 148 Å². The highest BCUT2D eigenvalue weighted by atomic mass is 16.7. The van der Waals surface area contributed by atoms with Crippen LogP contribution in [0.4, 0.5) is 0 Å². The predicted octanol–water partition coefficient (Wildman–Crippen LogP) is 5.25. The van der Waals surface area contributed by atoms with Crippen LogP contribution in [0.3, 0.4) is 0 Å². The molecule has 0 aromatic heterocycles. The van der Waals surface area contributed by atoms with E-state index in [2.05, 4.69) is 46.8 Å². The molecule has 1 heterocycles. The van der Waals surface area contributed by atoms with E-state index in [9.17, 15) is 0 Å². The highest BCUT2D eigenvalue weighted by Gasteiger charge is 2.53. The van der Waals surface area contributed by atoms with Crippen molar-refractivity contribution in [3.8, 4) is 0 Å². The number of ether oxygens (including phenoxy) is 1. The molecule has 0 bridgehead atoms. The molecule has 1 aliphatic rings. The first-order chi connectivity index (χ1) is 11.4. The maximum Gasteiger partial charge on any atom is 0.461 e. The topological polar surface area (TPSA) is 27.7 Å². The van der Waals surface area contributed by atoms with E-state index < -0.39 is 0 Å². The first-order valence-corrected chi connectivity index (χ1v) is 9.33. The van der Waals surface area contributed by atoms with Crippen LogP contribution in [0.1, 0.15) is 65.9 Å². The Morgan fingerprint density at radius 3 is 2.21 bits per heavy atom. The van der Waals surface area contributed by atoms with Gasteiger partial charge in [0.1, 0.15) is 0 Å². The molecule has 2 rings (SSSR count). The number of hydrogen-bond acceptors (Lipinski definition) is 3. The third-order valence-electron chi connectivity index (χ3n) is 5.33. The van der Waals surface area contributed by atoms with E-state index in [1.54, 1.807) is 0 Å². The molecule has 24 heavy (non-hydrogen) atoms. The molecule has 1 aliphatic heterocycles. The van der Waals surface area contributed by atoms with Gasteiger partial charge >= 0.3 is 7.12 Å². The lowest BCUT2D eigenvalue weighted by atomic mass is 9.67. The van der Waals surface area contributed by atoms with Crippen molar-refractivity contribution >= 4 is 7.12 Å². The zero-order chi connectivity index (χ0) is 17.6. The number of benzene rings is 1. The van der Waals surface area contributed by atoms with Crippen molar-refractivity contribution in [3.05, 3.63) is 35.9 Å². The highest BCUT2D eigenvalue weighted by Crippen LogP contribution is 2.42. The van der Waals surface area contributed by atoms with Gasteiger partial charge in [-0.1, -0.05) is 56.5 Å². The van der Waals surface area contributed by atoms with Crippen LogP contribution in [0.2, 0.25) is 5.82 Å². The number of rotatable bonds is 9. The van der Waals surface area contributed by atoms with Crippen LogP contribution < -0.4 is 0 Å². The Balaban J connectivity index is 1.85. The van der Waals surface area contributed by atoms with Gasteiger partial charge in [-0.05, 0) is 45.5 Å². The van der Waals surface area contributed by atoms with Crippen molar-refractivity contribution in [2.75, 3.05) is 6.61 Å². The van der Waals surface area contributed by atoms with Gasteiger partial charge in [0.25, 0.3) is 0 Å². The molecule has 1 fully saturated rings. The molecular weight excluding hydrogens is 299 g/mol. The van der Waals surface area contributed by atoms with E-state index in [4.69, 9.17) is 14.0 Å². The van der Waals surface area contributed by atoms with Gasteiger partial charge < -0.3 is 14.0 Å². The molecule has 1 saturated heterocycles. The summed E-state index contributed by atoms with van der Waals surface area (Å²) in [5.74, 6) is 0.391. The fourth-order valence-corrected chi connectivity index (χ4v) is 2.96. The summed E-state index contributed by atoms with van der Waals surface area (Å²) in [5, 5.41) is 0. The molecule has 0 saturated carbocycles. The molecule has 1 unspecified atom stereocenters. The summed E-state index contributed by atoms with van der Waals surface area (Å²) < 4.78 is 18.4. The van der Waals surface area contributed by atoms with Crippen molar-refractivity contribution in [1.29, 1.82) is 0 Å². The third kappa shape index (κ3) is 5.08. The van der Waals surface area contributed by atoms with Crippen LogP contribution >= 0.6 is 0 Å². The average molecular weight is 332 g/mol. The summed E-state index contributed by atoms with van der Waals surface area (Å²) in [5.41, 5.74) is 0.707. The summed E-state index contributed by atoms with van der Waals surface area (Å²) in [6.45, 7) is 12.1. The molecule has 134 valence electrons. The quantitative estimate of drug-likeness (QED) is 0.457. The van der Waals surface area contributed by atoms with Crippen molar-refractivity contribution in [3.63, 3.8) is 0 Å². The van der Waals surface area contributed by atoms with Gasteiger partial charge in [0.15, 0.2) is 0 Å². The van der Waals surface area contributed by atoms with Crippen LogP contribution in [0.5, 0.6) is 0 Å². The van der Waals surface area contributed by atoms with E-state index in [0.29, 0.717) is 12.4 Å². The Morgan fingerprint density at radius 1 is 1.00 bits per heavy atom. The second-order valence-electron chi connectivity index (χ2n) is 7.85. The summed E-state index contributed by atoms with van der Waals surface area (Å²) in [6, 6.07) is 10.3. The van der Waals surface area contributed by atoms with Crippen molar-refractivity contribution < 1.29 is 14.0 Å². The monoisotopic (exact) mass is 332 g/mol. The normalized spacial score (nSPS) is 20.3. The van der Waals surface area contributed by atoms with E-state index in [1.165, 1.54) is 18.4 Å². The molecule has 1 aromatic carbocycles. The minimum Gasteiger partial charge on any atom is -0.403 e. The van der Waals surface area contributed by atoms with Crippen LogP contribution in [0, 0.1) is 0 Å². The maximum absolute atomic E-state index is 6.26. The standard InChI is InChI=1S/C20H33BO3/c1-6-7-13-18(21-23-19(2,3)20(4,5)24-21)14-15-22-16-17-11-9-8-10-12-17/h8-12,18H,6-7,13-16H2,1-5H3. The van der Waals surface area contributed by atoms with Crippen molar-refractivity contribution in [2.24, 2.45) is 0 Å². The van der Waals surface area contributed by atoms with Gasteiger partial charge in [-0.15, -0.1) is 0 Å². The largest absolute Gasteiger partial charge is 0.461 e. The van der Waals surface area contributed by atoms with Gasteiger partial charge in [-0.25, -0.2) is 0 Å². The van der Waals surface area contributed by atoms with Gasteiger partial charge in [-0.2, -0.15) is 0 Å². The SMILES string of the molecule is CCCCC(CCOCc1ccccc1)B1OC(C)(C)C(C)(C)O1. The Bertz CT molecular complexity index is 471. The summed E-state index contributed by atoms with van der Waals surface area (Å²) >= 11 is 0. The van der Waals surface area contributed by atoms with Crippen LogP contribution in [0.15, 0.2) is 30.3 Å². The average Bonchev–Trinajstić information content (AvgIpc) is 2.75. The van der Waals surface area contributed by atoms with Gasteiger partial charge in [0.2, 0.25) is 0 Å². The molecule has 1 aromatic rings. The summed E-state index contributed by atoms with van der Waals surface area (Å²) in [7, 11) is -0.123. The lowest BCUT2D eigenvalue weighted by Crippen LogP contribution is -2.41. The highest BCUT2D eigenvalue weighted by molar-refractivity contribution is 6.47. The first kappa shape index (κ1) is 19.5. The molecular formula is C20H33BO3. The molecule has 4 heteroatoms. The third-order valence-corrected chi connectivity index (χ3v) is 5.33. The van der Waals surface area contributed by atoms with E-state index in [1.807, 2.05) is 18.2 Å². The molecule has 0 spiro atoms. The van der Waals surface area contributed by atoms with Crippen LogP contribution in [-0.4, -0.2) is 24.9 Å². The zero-order valence-corrected chi connectivity index (χ0v) is 16.0. The zero-order valence-electron chi connectivity index (χ0n) is 16.0. The van der Waals surface area contributed by atoms with E-state index in [-0.39, 0.29) is 18.3 Å².